The molecule has 8 heteroatoms. The molecule has 2 rings (SSSR count). The van der Waals surface area contributed by atoms with E-state index in [9.17, 15) is 22.7 Å². The second-order valence-electron chi connectivity index (χ2n) is 5.53. The highest BCUT2D eigenvalue weighted by Gasteiger charge is 2.36. The first-order valence-corrected chi connectivity index (χ1v) is 8.67. The zero-order chi connectivity index (χ0) is 16.5. The highest BCUT2D eigenvalue weighted by Crippen LogP contribution is 2.32. The van der Waals surface area contributed by atoms with Gasteiger partial charge in [-0.25, -0.2) is 12.8 Å². The van der Waals surface area contributed by atoms with Gasteiger partial charge in [-0.15, -0.1) is 0 Å². The van der Waals surface area contributed by atoms with E-state index in [0.29, 0.717) is 12.0 Å². The van der Waals surface area contributed by atoms with Gasteiger partial charge in [-0.1, -0.05) is 12.1 Å². The first-order chi connectivity index (χ1) is 10.2. The fourth-order valence-corrected chi connectivity index (χ4v) is 2.86. The van der Waals surface area contributed by atoms with E-state index in [1.54, 1.807) is 12.1 Å². The molecular formula is C14H19FN2O4S. The summed E-state index contributed by atoms with van der Waals surface area (Å²) in [5.41, 5.74) is 0.590. The minimum Gasteiger partial charge on any atom is -0.391 e. The predicted molar refractivity (Wildman–Crippen MR) is 79.0 cm³/mol. The third-order valence-corrected chi connectivity index (χ3v) is 5.02. The molecule has 0 saturated carbocycles. The molecule has 1 saturated heterocycles. The van der Waals surface area contributed by atoms with Crippen LogP contribution in [-0.2, 0) is 14.8 Å². The van der Waals surface area contributed by atoms with Crippen molar-refractivity contribution in [1.29, 1.82) is 0 Å². The number of hydrogen-bond acceptors (Lipinski definition) is 4. The van der Waals surface area contributed by atoms with Crippen LogP contribution in [0, 0.1) is 5.82 Å². The lowest BCUT2D eigenvalue weighted by molar-refractivity contribution is -0.132. The lowest BCUT2D eigenvalue weighted by atomic mass is 10.0. The maximum atomic E-state index is 13.4. The van der Waals surface area contributed by atoms with Crippen molar-refractivity contribution in [3.63, 3.8) is 0 Å². The van der Waals surface area contributed by atoms with Gasteiger partial charge in [-0.05, 0) is 24.1 Å². The normalized spacial score (nSPS) is 22.3. The van der Waals surface area contributed by atoms with Crippen molar-refractivity contribution >= 4 is 15.9 Å². The van der Waals surface area contributed by atoms with E-state index in [1.165, 1.54) is 24.1 Å². The Morgan fingerprint density at radius 2 is 2.18 bits per heavy atom. The minimum absolute atomic E-state index is 0.109. The number of aliphatic hydroxyl groups is 1. The smallest absolute Gasteiger partial charge is 0.238 e. The van der Waals surface area contributed by atoms with Crippen molar-refractivity contribution < 1.29 is 22.7 Å². The summed E-state index contributed by atoms with van der Waals surface area (Å²) in [4.78, 5) is 13.7. The molecule has 0 radical (unpaired) electrons. The minimum atomic E-state index is -3.47. The first kappa shape index (κ1) is 16.9. The van der Waals surface area contributed by atoms with Crippen molar-refractivity contribution in [3.05, 3.63) is 35.6 Å². The van der Waals surface area contributed by atoms with Gasteiger partial charge in [0.1, 0.15) is 5.82 Å². The zero-order valence-corrected chi connectivity index (χ0v) is 13.3. The van der Waals surface area contributed by atoms with Crippen molar-refractivity contribution in [2.45, 2.75) is 18.6 Å². The lowest BCUT2D eigenvalue weighted by Gasteiger charge is -2.26. The molecule has 1 heterocycles. The van der Waals surface area contributed by atoms with Crippen molar-refractivity contribution in [3.8, 4) is 0 Å². The molecule has 1 amide bonds. The van der Waals surface area contributed by atoms with Crippen LogP contribution in [0.3, 0.4) is 0 Å². The van der Waals surface area contributed by atoms with Gasteiger partial charge in [-0.2, -0.15) is 4.31 Å². The summed E-state index contributed by atoms with van der Waals surface area (Å²) in [6.07, 6.45) is 0.613. The average Bonchev–Trinajstić information content (AvgIpc) is 2.80. The van der Waals surface area contributed by atoms with Gasteiger partial charge in [0.15, 0.2) is 0 Å². The summed E-state index contributed by atoms with van der Waals surface area (Å²) in [5.74, 6) is -0.835. The third kappa shape index (κ3) is 3.82. The van der Waals surface area contributed by atoms with Crippen LogP contribution in [0.2, 0.25) is 0 Å². The molecule has 1 aliphatic heterocycles. The molecule has 22 heavy (non-hydrogen) atoms. The highest BCUT2D eigenvalue weighted by molar-refractivity contribution is 7.88. The average molecular weight is 330 g/mol. The molecule has 0 aliphatic carbocycles. The molecule has 1 aliphatic rings. The monoisotopic (exact) mass is 330 g/mol. The number of sulfonamides is 1. The molecule has 1 aromatic carbocycles. The number of likely N-dealkylation sites (N-methyl/N-ethyl adjacent to an activating group) is 1. The number of hydrogen-bond donors (Lipinski definition) is 1. The molecule has 0 unspecified atom stereocenters. The van der Waals surface area contributed by atoms with Crippen molar-refractivity contribution in [2.75, 3.05) is 26.4 Å². The van der Waals surface area contributed by atoms with Crippen LogP contribution in [0.25, 0.3) is 0 Å². The Bertz CT molecular complexity index is 665. The third-order valence-electron chi connectivity index (χ3n) is 3.76. The summed E-state index contributed by atoms with van der Waals surface area (Å²) in [6, 6.07) is 5.40. The summed E-state index contributed by atoms with van der Waals surface area (Å²) in [6.45, 7) is -0.199. The number of nitrogens with zero attached hydrogens (tertiary/aromatic N) is 2. The van der Waals surface area contributed by atoms with E-state index in [1.807, 2.05) is 0 Å². The number of rotatable bonds is 4. The summed E-state index contributed by atoms with van der Waals surface area (Å²) in [5, 5.41) is 9.82. The first-order valence-electron chi connectivity index (χ1n) is 6.83. The van der Waals surface area contributed by atoms with E-state index in [2.05, 4.69) is 0 Å². The number of carbonyl (C=O) groups excluding carboxylic acids is 1. The molecular weight excluding hydrogens is 311 g/mol. The number of amides is 1. The number of halogens is 1. The molecule has 1 aromatic rings. The van der Waals surface area contributed by atoms with E-state index < -0.39 is 33.9 Å². The molecule has 1 N–H and O–H groups in total. The van der Waals surface area contributed by atoms with E-state index in [-0.39, 0.29) is 13.1 Å². The van der Waals surface area contributed by atoms with E-state index in [0.717, 1.165) is 10.6 Å². The Hall–Kier alpha value is -1.51. The highest BCUT2D eigenvalue weighted by atomic mass is 32.2. The maximum absolute atomic E-state index is 13.4. The van der Waals surface area contributed by atoms with E-state index in [4.69, 9.17) is 0 Å². The van der Waals surface area contributed by atoms with Gasteiger partial charge in [-0.3, -0.25) is 4.79 Å². The van der Waals surface area contributed by atoms with Gasteiger partial charge in [0.2, 0.25) is 15.9 Å². The Morgan fingerprint density at radius 1 is 1.50 bits per heavy atom. The number of carbonyl (C=O) groups is 1. The molecule has 0 bridgehead atoms. The quantitative estimate of drug-likeness (QED) is 0.864. The van der Waals surface area contributed by atoms with Crippen molar-refractivity contribution in [1.82, 2.24) is 9.21 Å². The fraction of sp³-hybridized carbons (Fsp3) is 0.500. The summed E-state index contributed by atoms with van der Waals surface area (Å²) >= 11 is 0. The van der Waals surface area contributed by atoms with E-state index >= 15 is 0 Å². The van der Waals surface area contributed by atoms with Crippen LogP contribution in [0.1, 0.15) is 18.0 Å². The molecule has 6 nitrogen and oxygen atoms in total. The molecule has 122 valence electrons. The topological polar surface area (TPSA) is 77.9 Å². The van der Waals surface area contributed by atoms with Gasteiger partial charge < -0.3 is 10.0 Å². The number of likely N-dealkylation sites (tertiary alicyclic amines) is 1. The van der Waals surface area contributed by atoms with Gasteiger partial charge >= 0.3 is 0 Å². The Kier molecular flexibility index (Phi) is 4.84. The molecule has 1 fully saturated rings. The van der Waals surface area contributed by atoms with Crippen molar-refractivity contribution in [2.24, 2.45) is 0 Å². The summed E-state index contributed by atoms with van der Waals surface area (Å²) in [7, 11) is -2.15. The maximum Gasteiger partial charge on any atom is 0.238 e. The fourth-order valence-electron chi connectivity index (χ4n) is 2.52. The second-order valence-corrected chi connectivity index (χ2v) is 7.61. The van der Waals surface area contributed by atoms with Crippen LogP contribution < -0.4 is 0 Å². The van der Waals surface area contributed by atoms with Crippen LogP contribution in [0.4, 0.5) is 4.39 Å². The second kappa shape index (κ2) is 6.31. The SMILES string of the molecule is CN(CC(=O)N1C[C@H](O)C[C@H]1c1cccc(F)c1)S(C)(=O)=O. The van der Waals surface area contributed by atoms with Crippen LogP contribution in [0.5, 0.6) is 0 Å². The summed E-state index contributed by atoms with van der Waals surface area (Å²) < 4.78 is 37.1. The predicted octanol–water partition coefficient (Wildman–Crippen LogP) is 0.351. The van der Waals surface area contributed by atoms with Gasteiger partial charge in [0, 0.05) is 13.6 Å². The van der Waals surface area contributed by atoms with Crippen LogP contribution >= 0.6 is 0 Å². The Balaban J connectivity index is 2.19. The molecule has 2 atom stereocenters. The van der Waals surface area contributed by atoms with Crippen LogP contribution in [0.15, 0.2) is 24.3 Å². The van der Waals surface area contributed by atoms with Gasteiger partial charge in [0.25, 0.3) is 0 Å². The zero-order valence-electron chi connectivity index (χ0n) is 12.4. The van der Waals surface area contributed by atoms with Gasteiger partial charge in [0.05, 0.1) is 24.9 Å². The number of β-amino-alcohol motifs (C(OH)–C–C–N with tert-alkyl or cyclic N) is 1. The Morgan fingerprint density at radius 3 is 2.77 bits per heavy atom. The number of aliphatic hydroxyl groups excluding tert-OH is 1. The lowest BCUT2D eigenvalue weighted by Crippen LogP contribution is -2.41. The largest absolute Gasteiger partial charge is 0.391 e. The standard InChI is InChI=1S/C14H19FN2O4S/c1-16(22(2,20)21)9-14(19)17-8-12(18)7-13(17)10-4-3-5-11(15)6-10/h3-6,12-13,18H,7-9H2,1-2H3/t12-,13+/m1/s1. The molecule has 0 aromatic heterocycles. The molecule has 0 spiro atoms. The number of benzene rings is 1. The van der Waals surface area contributed by atoms with Crippen LogP contribution in [-0.4, -0.2) is 61.1 Å². The Labute approximate surface area is 129 Å².